The van der Waals surface area contributed by atoms with Gasteiger partial charge in [-0.2, -0.15) is 0 Å². The minimum absolute atomic E-state index is 0.0392. The number of urea groups is 1. The molecule has 1 aliphatic carbocycles. The number of hydrogen-bond donors (Lipinski definition) is 2. The number of carbonyl (C=O) groups excluding carboxylic acids is 2. The van der Waals surface area contributed by atoms with E-state index in [0.717, 1.165) is 37.0 Å². The number of benzene rings is 2. The second kappa shape index (κ2) is 10.2. The highest BCUT2D eigenvalue weighted by Crippen LogP contribution is 2.47. The molecule has 36 heavy (non-hydrogen) atoms. The van der Waals surface area contributed by atoms with Gasteiger partial charge in [0.1, 0.15) is 0 Å². The summed E-state index contributed by atoms with van der Waals surface area (Å²) >= 11 is 0. The lowest BCUT2D eigenvalue weighted by molar-refractivity contribution is -0.136. The molecule has 0 radical (unpaired) electrons. The minimum Gasteiger partial charge on any atom is -0.481 e. The zero-order valence-electron chi connectivity index (χ0n) is 20.5. The lowest BCUT2D eigenvalue weighted by Gasteiger charge is -2.34. The number of carbonyl (C=O) groups is 3. The number of anilines is 1. The Hall–Kier alpha value is -3.49. The van der Waals surface area contributed by atoms with E-state index >= 15 is 0 Å². The van der Waals surface area contributed by atoms with Crippen molar-refractivity contribution < 1.29 is 28.3 Å². The third kappa shape index (κ3) is 5.20. The third-order valence-electron chi connectivity index (χ3n) is 7.45. The van der Waals surface area contributed by atoms with Gasteiger partial charge in [-0.25, -0.2) is 13.6 Å². The summed E-state index contributed by atoms with van der Waals surface area (Å²) in [5, 5.41) is 11.3. The average molecular weight is 500 g/mol. The van der Waals surface area contributed by atoms with E-state index in [-0.39, 0.29) is 24.9 Å². The molecule has 2 aliphatic rings. The number of halogens is 2. The van der Waals surface area contributed by atoms with E-state index in [1.165, 1.54) is 11.0 Å². The monoisotopic (exact) mass is 499 g/mol. The van der Waals surface area contributed by atoms with Crippen molar-refractivity contribution in [3.8, 4) is 0 Å². The molecule has 9 heteroatoms. The van der Waals surface area contributed by atoms with Gasteiger partial charge in [0, 0.05) is 30.4 Å². The number of amides is 3. The quantitative estimate of drug-likeness (QED) is 0.546. The van der Waals surface area contributed by atoms with Crippen molar-refractivity contribution in [2.45, 2.75) is 51.6 Å². The van der Waals surface area contributed by atoms with E-state index in [9.17, 15) is 23.2 Å². The zero-order valence-corrected chi connectivity index (χ0v) is 20.5. The van der Waals surface area contributed by atoms with Gasteiger partial charge in [-0.05, 0) is 60.9 Å². The van der Waals surface area contributed by atoms with Crippen LogP contribution in [0.25, 0.3) is 0 Å². The normalized spacial score (nSPS) is 21.6. The van der Waals surface area contributed by atoms with Crippen molar-refractivity contribution in [3.05, 3.63) is 65.2 Å². The summed E-state index contributed by atoms with van der Waals surface area (Å²) in [6, 6.07) is 10.1. The van der Waals surface area contributed by atoms with Crippen molar-refractivity contribution in [1.29, 1.82) is 0 Å². The smallest absolute Gasteiger partial charge is 0.325 e. The van der Waals surface area contributed by atoms with Crippen LogP contribution in [0.4, 0.5) is 19.3 Å². The Kier molecular flexibility index (Phi) is 7.28. The largest absolute Gasteiger partial charge is 0.481 e. The Labute approximate surface area is 209 Å². The fraction of sp³-hybridized carbons (Fsp3) is 0.444. The maximum atomic E-state index is 14.0. The Morgan fingerprint density at radius 1 is 1.14 bits per heavy atom. The lowest BCUT2D eigenvalue weighted by Crippen LogP contribution is -2.44. The number of carboxylic acid groups (broad SMARTS) is 1. The molecule has 1 heterocycles. The van der Waals surface area contributed by atoms with Crippen molar-refractivity contribution in [1.82, 2.24) is 10.2 Å². The molecule has 1 saturated carbocycles. The highest BCUT2D eigenvalue weighted by Gasteiger charge is 2.53. The van der Waals surface area contributed by atoms with Crippen LogP contribution in [0.5, 0.6) is 0 Å². The first kappa shape index (κ1) is 25.6. The maximum absolute atomic E-state index is 14.0. The fourth-order valence-electron chi connectivity index (χ4n) is 5.32. The fourth-order valence-corrected chi connectivity index (χ4v) is 5.32. The maximum Gasteiger partial charge on any atom is 0.325 e. The summed E-state index contributed by atoms with van der Waals surface area (Å²) in [5.74, 6) is -2.36. The first-order valence-corrected chi connectivity index (χ1v) is 12.2. The van der Waals surface area contributed by atoms with Gasteiger partial charge in [0.25, 0.3) is 5.91 Å². The lowest BCUT2D eigenvalue weighted by atomic mass is 9.89. The van der Waals surface area contributed by atoms with Crippen molar-refractivity contribution in [3.63, 3.8) is 0 Å². The van der Waals surface area contributed by atoms with Crippen molar-refractivity contribution in [2.24, 2.45) is 11.8 Å². The molecule has 7 nitrogen and oxygen atoms in total. The van der Waals surface area contributed by atoms with Gasteiger partial charge in [-0.3, -0.25) is 14.5 Å². The van der Waals surface area contributed by atoms with Gasteiger partial charge in [-0.1, -0.05) is 26.0 Å². The predicted molar refractivity (Wildman–Crippen MR) is 131 cm³/mol. The topological polar surface area (TPSA) is 90.0 Å². The van der Waals surface area contributed by atoms with E-state index in [4.69, 9.17) is 5.11 Å². The number of hydrogen-bond acceptors (Lipinski definition) is 3. The molecule has 0 bridgehead atoms. The van der Waals surface area contributed by atoms with Crippen LogP contribution < -0.4 is 10.2 Å². The van der Waals surface area contributed by atoms with Crippen molar-refractivity contribution in [2.75, 3.05) is 18.0 Å². The summed E-state index contributed by atoms with van der Waals surface area (Å²) in [7, 11) is 0. The molecule has 2 unspecified atom stereocenters. The molecule has 1 spiro atoms. The molecular weight excluding hydrogens is 468 g/mol. The summed E-state index contributed by atoms with van der Waals surface area (Å²) in [6.45, 7) is 5.13. The Morgan fingerprint density at radius 3 is 2.47 bits per heavy atom. The summed E-state index contributed by atoms with van der Waals surface area (Å²) < 4.78 is 27.5. The van der Waals surface area contributed by atoms with Gasteiger partial charge in [0.05, 0.1) is 18.5 Å². The standard InChI is InChI=1S/C27H31F2N3O4/c1-17(2)20-9-11-27(14-20)16-31(21-7-8-22(28)23(29)13-21)26(36)32(27)15-18-3-5-19(6-4-18)25(35)30-12-10-24(33)34/h3-8,13,17,20H,9-12,14-16H2,1-2H3,(H,30,35)(H,33,34). The molecule has 1 aliphatic heterocycles. The average Bonchev–Trinajstić information content (AvgIpc) is 3.38. The first-order chi connectivity index (χ1) is 17.1. The second-order valence-electron chi connectivity index (χ2n) is 10.1. The van der Waals surface area contributed by atoms with E-state index in [2.05, 4.69) is 19.2 Å². The van der Waals surface area contributed by atoms with Gasteiger partial charge >= 0.3 is 12.0 Å². The minimum atomic E-state index is -0.989. The summed E-state index contributed by atoms with van der Waals surface area (Å²) in [6.07, 6.45) is 2.49. The molecule has 4 rings (SSSR count). The highest BCUT2D eigenvalue weighted by atomic mass is 19.2. The Balaban J connectivity index is 1.55. The molecule has 2 aromatic carbocycles. The third-order valence-corrected chi connectivity index (χ3v) is 7.45. The molecule has 2 atom stereocenters. The summed E-state index contributed by atoms with van der Waals surface area (Å²) in [4.78, 5) is 39.9. The molecule has 2 N–H and O–H groups in total. The van der Waals surface area contributed by atoms with Crippen LogP contribution in [0.1, 0.15) is 55.5 Å². The molecule has 2 fully saturated rings. The van der Waals surface area contributed by atoms with Gasteiger partial charge in [0.2, 0.25) is 0 Å². The second-order valence-corrected chi connectivity index (χ2v) is 10.1. The van der Waals surface area contributed by atoms with Crippen LogP contribution in [0, 0.1) is 23.5 Å². The van der Waals surface area contributed by atoms with E-state index < -0.39 is 23.1 Å². The molecule has 2 aromatic rings. The SMILES string of the molecule is CC(C)C1CCC2(C1)CN(c1ccc(F)c(F)c1)C(=O)N2Cc1ccc(C(=O)NCCC(=O)O)cc1. The number of nitrogens with zero attached hydrogens (tertiary/aromatic N) is 2. The Morgan fingerprint density at radius 2 is 1.86 bits per heavy atom. The van der Waals surface area contributed by atoms with E-state index in [0.29, 0.717) is 36.2 Å². The van der Waals surface area contributed by atoms with Crippen LogP contribution in [0.3, 0.4) is 0 Å². The molecule has 0 aromatic heterocycles. The molecular formula is C27H31F2N3O4. The zero-order chi connectivity index (χ0) is 26.0. The molecule has 192 valence electrons. The first-order valence-electron chi connectivity index (χ1n) is 12.2. The molecule has 3 amide bonds. The number of aliphatic carboxylic acids is 1. The Bertz CT molecular complexity index is 1150. The number of carboxylic acids is 1. The van der Waals surface area contributed by atoms with Crippen molar-refractivity contribution >= 4 is 23.6 Å². The van der Waals surface area contributed by atoms with Gasteiger partial charge in [0.15, 0.2) is 11.6 Å². The van der Waals surface area contributed by atoms with Crippen LogP contribution in [0.2, 0.25) is 0 Å². The van der Waals surface area contributed by atoms with Crippen LogP contribution in [-0.4, -0.2) is 46.5 Å². The van der Waals surface area contributed by atoms with E-state index in [1.54, 1.807) is 24.3 Å². The van der Waals surface area contributed by atoms with Crippen LogP contribution in [0.15, 0.2) is 42.5 Å². The predicted octanol–water partition coefficient (Wildman–Crippen LogP) is 4.81. The van der Waals surface area contributed by atoms with Gasteiger partial charge < -0.3 is 15.3 Å². The van der Waals surface area contributed by atoms with Crippen LogP contribution in [-0.2, 0) is 11.3 Å². The van der Waals surface area contributed by atoms with E-state index in [1.807, 2.05) is 4.90 Å². The number of rotatable bonds is 8. The molecule has 1 saturated heterocycles. The number of nitrogens with one attached hydrogen (secondary N) is 1. The van der Waals surface area contributed by atoms with Gasteiger partial charge in [-0.15, -0.1) is 0 Å². The van der Waals surface area contributed by atoms with Crippen LogP contribution >= 0.6 is 0 Å². The summed E-state index contributed by atoms with van der Waals surface area (Å²) in [5.41, 5.74) is 1.16. The highest BCUT2D eigenvalue weighted by molar-refractivity contribution is 5.96.